The van der Waals surface area contributed by atoms with Gasteiger partial charge in [-0.15, -0.1) is 0 Å². The highest BCUT2D eigenvalue weighted by Crippen LogP contribution is 2.27. The van der Waals surface area contributed by atoms with Gasteiger partial charge in [0.15, 0.2) is 0 Å². The molecule has 0 saturated heterocycles. The van der Waals surface area contributed by atoms with Crippen LogP contribution < -0.4 is 9.62 Å². The second kappa shape index (κ2) is 9.43. The number of rotatable bonds is 7. The van der Waals surface area contributed by atoms with Crippen LogP contribution in [0.2, 0.25) is 0 Å². The van der Waals surface area contributed by atoms with E-state index in [9.17, 15) is 13.2 Å². The summed E-state index contributed by atoms with van der Waals surface area (Å²) < 4.78 is 26.6. The number of sulfonamides is 1. The Morgan fingerprint density at radius 3 is 1.97 bits per heavy atom. The molecule has 2 aromatic carbocycles. The van der Waals surface area contributed by atoms with Crippen molar-refractivity contribution in [3.63, 3.8) is 0 Å². The predicted molar refractivity (Wildman–Crippen MR) is 129 cm³/mol. The van der Waals surface area contributed by atoms with Crippen molar-refractivity contribution < 1.29 is 13.2 Å². The summed E-state index contributed by atoms with van der Waals surface area (Å²) in [6.45, 7) is 14.1. The lowest BCUT2D eigenvalue weighted by atomic mass is 9.86. The molecule has 2 atom stereocenters. The highest BCUT2D eigenvalue weighted by molar-refractivity contribution is 7.92. The molecule has 0 aliphatic heterocycles. The molecule has 0 heterocycles. The number of benzene rings is 2. The summed E-state index contributed by atoms with van der Waals surface area (Å²) in [6.07, 6.45) is 1.51. The Bertz CT molecular complexity index is 1000. The van der Waals surface area contributed by atoms with Crippen molar-refractivity contribution in [3.05, 3.63) is 64.7 Å². The highest BCUT2D eigenvalue weighted by Gasteiger charge is 2.32. The molecule has 170 valence electrons. The molecule has 0 spiro atoms. The van der Waals surface area contributed by atoms with E-state index in [1.165, 1.54) is 9.87 Å². The van der Waals surface area contributed by atoms with Gasteiger partial charge in [0.25, 0.3) is 0 Å². The second-order valence-corrected chi connectivity index (χ2v) is 11.3. The van der Waals surface area contributed by atoms with Crippen molar-refractivity contribution >= 4 is 21.6 Å². The van der Waals surface area contributed by atoms with Crippen LogP contribution in [-0.4, -0.2) is 26.6 Å². The van der Waals surface area contributed by atoms with Gasteiger partial charge in [-0.1, -0.05) is 58.0 Å². The Morgan fingerprint density at radius 2 is 1.55 bits per heavy atom. The van der Waals surface area contributed by atoms with E-state index in [1.54, 1.807) is 12.1 Å². The van der Waals surface area contributed by atoms with Crippen LogP contribution in [0.4, 0.5) is 5.69 Å². The van der Waals surface area contributed by atoms with Gasteiger partial charge in [0.2, 0.25) is 15.9 Å². The van der Waals surface area contributed by atoms with Crippen LogP contribution >= 0.6 is 0 Å². The first-order valence-corrected chi connectivity index (χ1v) is 12.6. The largest absolute Gasteiger partial charge is 0.348 e. The smallest absolute Gasteiger partial charge is 0.244 e. The third-order valence-electron chi connectivity index (χ3n) is 5.43. The minimum atomic E-state index is -3.66. The van der Waals surface area contributed by atoms with E-state index in [1.807, 2.05) is 45.9 Å². The Balaban J connectivity index is 2.31. The van der Waals surface area contributed by atoms with Crippen molar-refractivity contribution in [1.82, 2.24) is 5.32 Å². The van der Waals surface area contributed by atoms with Gasteiger partial charge in [0.05, 0.1) is 18.0 Å². The van der Waals surface area contributed by atoms with Crippen molar-refractivity contribution in [2.24, 2.45) is 0 Å². The number of amides is 1. The monoisotopic (exact) mass is 444 g/mol. The zero-order chi connectivity index (χ0) is 23.6. The summed E-state index contributed by atoms with van der Waals surface area (Å²) >= 11 is 0. The summed E-state index contributed by atoms with van der Waals surface area (Å²) in [6, 6.07) is 12.7. The SMILES string of the molecule is CC[C@@H](C(=O)N[C@H](C)c1ccc(C(C)(C)C)cc1)N(c1cc(C)cc(C)c1)S(C)(=O)=O. The molecule has 0 bridgehead atoms. The van der Waals surface area contributed by atoms with Crippen LogP contribution in [0.5, 0.6) is 0 Å². The molecule has 6 heteroatoms. The van der Waals surface area contributed by atoms with Crippen LogP contribution in [0.25, 0.3) is 0 Å². The van der Waals surface area contributed by atoms with E-state index in [2.05, 4.69) is 38.2 Å². The van der Waals surface area contributed by atoms with E-state index in [0.717, 1.165) is 22.9 Å². The minimum Gasteiger partial charge on any atom is -0.348 e. The number of aryl methyl sites for hydroxylation is 2. The average Bonchev–Trinajstić information content (AvgIpc) is 2.63. The van der Waals surface area contributed by atoms with E-state index in [4.69, 9.17) is 0 Å². The fourth-order valence-electron chi connectivity index (χ4n) is 3.80. The zero-order valence-electron chi connectivity index (χ0n) is 20.0. The molecule has 1 N–H and O–H groups in total. The van der Waals surface area contributed by atoms with Crippen LogP contribution in [-0.2, 0) is 20.2 Å². The lowest BCUT2D eigenvalue weighted by Gasteiger charge is -2.31. The first-order valence-electron chi connectivity index (χ1n) is 10.7. The van der Waals surface area contributed by atoms with Gasteiger partial charge in [-0.3, -0.25) is 9.10 Å². The Kier molecular flexibility index (Phi) is 7.58. The molecule has 0 radical (unpaired) electrons. The molecular weight excluding hydrogens is 408 g/mol. The van der Waals surface area contributed by atoms with Crippen LogP contribution in [0.3, 0.4) is 0 Å². The number of anilines is 1. The topological polar surface area (TPSA) is 66.5 Å². The molecular formula is C25H36N2O3S. The minimum absolute atomic E-state index is 0.0558. The average molecular weight is 445 g/mol. The Hall–Kier alpha value is -2.34. The number of carbonyl (C=O) groups is 1. The van der Waals surface area contributed by atoms with E-state index >= 15 is 0 Å². The van der Waals surface area contributed by atoms with Gasteiger partial charge in [-0.2, -0.15) is 0 Å². The number of hydrogen-bond acceptors (Lipinski definition) is 3. The summed E-state index contributed by atoms with van der Waals surface area (Å²) in [5, 5.41) is 3.01. The molecule has 0 unspecified atom stereocenters. The number of carbonyl (C=O) groups excluding carboxylic acids is 1. The van der Waals surface area contributed by atoms with Crippen LogP contribution in [0.15, 0.2) is 42.5 Å². The fraction of sp³-hybridized carbons (Fsp3) is 0.480. The third-order valence-corrected chi connectivity index (χ3v) is 6.61. The maximum Gasteiger partial charge on any atom is 0.244 e. The number of hydrogen-bond donors (Lipinski definition) is 1. The highest BCUT2D eigenvalue weighted by atomic mass is 32.2. The molecule has 1 amide bonds. The lowest BCUT2D eigenvalue weighted by molar-refractivity contribution is -0.122. The summed E-state index contributed by atoms with van der Waals surface area (Å²) in [4.78, 5) is 13.2. The van der Waals surface area contributed by atoms with E-state index in [-0.39, 0.29) is 17.4 Å². The quantitative estimate of drug-likeness (QED) is 0.652. The molecule has 0 fully saturated rings. The zero-order valence-corrected chi connectivity index (χ0v) is 20.8. The molecule has 0 saturated carbocycles. The number of nitrogens with one attached hydrogen (secondary N) is 1. The van der Waals surface area contributed by atoms with E-state index in [0.29, 0.717) is 12.1 Å². The second-order valence-electron chi connectivity index (χ2n) is 9.43. The molecule has 5 nitrogen and oxygen atoms in total. The molecule has 2 aromatic rings. The fourth-order valence-corrected chi connectivity index (χ4v) is 5.00. The van der Waals surface area contributed by atoms with Crippen molar-refractivity contribution in [3.8, 4) is 0 Å². The standard InChI is InChI=1S/C25H36N2O3S/c1-9-23(27(31(8,29)30)22-15-17(2)14-18(3)16-22)24(28)26-19(4)20-10-12-21(13-11-20)25(5,6)7/h10-16,19,23H,9H2,1-8H3,(H,26,28)/t19-,23+/m1/s1. The van der Waals surface area contributed by atoms with Gasteiger partial charge < -0.3 is 5.32 Å². The summed E-state index contributed by atoms with van der Waals surface area (Å²) in [5.41, 5.74) is 4.68. The van der Waals surface area contributed by atoms with Gasteiger partial charge in [-0.25, -0.2) is 8.42 Å². The molecule has 2 rings (SSSR count). The molecule has 0 aliphatic carbocycles. The van der Waals surface area contributed by atoms with E-state index < -0.39 is 16.1 Å². The normalized spacial score (nSPS) is 14.1. The van der Waals surface area contributed by atoms with Crippen molar-refractivity contribution in [2.45, 2.75) is 72.4 Å². The third kappa shape index (κ3) is 6.33. The summed E-state index contributed by atoms with van der Waals surface area (Å²) in [5.74, 6) is -0.306. The number of nitrogens with zero attached hydrogens (tertiary/aromatic N) is 1. The Labute approximate surface area is 187 Å². The van der Waals surface area contributed by atoms with Gasteiger partial charge in [0.1, 0.15) is 6.04 Å². The Morgan fingerprint density at radius 1 is 1.03 bits per heavy atom. The van der Waals surface area contributed by atoms with Crippen LogP contribution in [0, 0.1) is 13.8 Å². The summed E-state index contributed by atoms with van der Waals surface area (Å²) in [7, 11) is -3.66. The molecule has 0 aliphatic rings. The molecule has 0 aromatic heterocycles. The first-order chi connectivity index (χ1) is 14.2. The predicted octanol–water partition coefficient (Wildman–Crippen LogP) is 5.02. The van der Waals surface area contributed by atoms with Crippen molar-refractivity contribution in [1.29, 1.82) is 0 Å². The maximum absolute atomic E-state index is 13.2. The van der Waals surface area contributed by atoms with Gasteiger partial charge in [0, 0.05) is 0 Å². The van der Waals surface area contributed by atoms with Gasteiger partial charge >= 0.3 is 0 Å². The molecule has 31 heavy (non-hydrogen) atoms. The first kappa shape index (κ1) is 24.9. The maximum atomic E-state index is 13.2. The van der Waals surface area contributed by atoms with Crippen molar-refractivity contribution in [2.75, 3.05) is 10.6 Å². The lowest BCUT2D eigenvalue weighted by Crippen LogP contribution is -2.49. The van der Waals surface area contributed by atoms with Crippen LogP contribution in [0.1, 0.15) is 69.3 Å². The van der Waals surface area contributed by atoms with Gasteiger partial charge in [-0.05, 0) is 67.0 Å².